The van der Waals surface area contributed by atoms with Crippen molar-refractivity contribution in [1.29, 1.82) is 0 Å². The van der Waals surface area contributed by atoms with Gasteiger partial charge >= 0.3 is 0 Å². The molecule has 1 aliphatic rings. The maximum Gasteiger partial charge on any atom is 0.293 e. The van der Waals surface area contributed by atoms with Gasteiger partial charge in [0.15, 0.2) is 10.9 Å². The second kappa shape index (κ2) is 8.22. The summed E-state index contributed by atoms with van der Waals surface area (Å²) in [5.41, 5.74) is 1.23. The van der Waals surface area contributed by atoms with Gasteiger partial charge in [0.1, 0.15) is 5.82 Å². The van der Waals surface area contributed by atoms with Gasteiger partial charge in [-0.25, -0.2) is 9.97 Å². The quantitative estimate of drug-likeness (QED) is 0.663. The summed E-state index contributed by atoms with van der Waals surface area (Å²) in [6.07, 6.45) is 5.59. The van der Waals surface area contributed by atoms with E-state index in [1.54, 1.807) is 23.7 Å². The summed E-state index contributed by atoms with van der Waals surface area (Å²) in [4.78, 5) is 35.1. The summed E-state index contributed by atoms with van der Waals surface area (Å²) >= 11 is 1.26. The first-order valence-electron chi connectivity index (χ1n) is 8.97. The van der Waals surface area contributed by atoms with Crippen LogP contribution in [0.4, 0.5) is 16.6 Å². The number of nitrogens with zero attached hydrogens (tertiary/aromatic N) is 3. The lowest BCUT2D eigenvalue weighted by atomic mass is 10.3. The Labute approximate surface area is 165 Å². The molecule has 0 bridgehead atoms. The summed E-state index contributed by atoms with van der Waals surface area (Å²) in [5.74, 6) is 0.579. The molecule has 8 nitrogen and oxygen atoms in total. The molecule has 4 heterocycles. The average Bonchev–Trinajstić information content (AvgIpc) is 3.45. The Hall–Kier alpha value is -3.20. The Balaban J connectivity index is 1.30. The van der Waals surface area contributed by atoms with Crippen LogP contribution in [0.25, 0.3) is 0 Å². The lowest BCUT2D eigenvalue weighted by Gasteiger charge is -2.16. The van der Waals surface area contributed by atoms with Crippen LogP contribution in [0.5, 0.6) is 0 Å². The number of nitrogens with one attached hydrogen (secondary N) is 2. The van der Waals surface area contributed by atoms with Gasteiger partial charge in [0, 0.05) is 18.5 Å². The zero-order valence-corrected chi connectivity index (χ0v) is 15.9. The lowest BCUT2D eigenvalue weighted by molar-refractivity contribution is -0.115. The Morgan fingerprint density at radius 2 is 2.04 bits per heavy atom. The Morgan fingerprint density at radius 3 is 2.75 bits per heavy atom. The molecule has 4 rings (SSSR count). The zero-order chi connectivity index (χ0) is 19.3. The van der Waals surface area contributed by atoms with E-state index in [0.717, 1.165) is 18.9 Å². The molecule has 144 valence electrons. The van der Waals surface area contributed by atoms with E-state index in [4.69, 9.17) is 4.42 Å². The van der Waals surface area contributed by atoms with Gasteiger partial charge in [0.2, 0.25) is 5.91 Å². The summed E-state index contributed by atoms with van der Waals surface area (Å²) < 4.78 is 5.04. The Morgan fingerprint density at radius 1 is 1.18 bits per heavy atom. The third kappa shape index (κ3) is 4.37. The van der Waals surface area contributed by atoms with E-state index in [9.17, 15) is 9.59 Å². The normalized spacial score (nSPS) is 13.5. The third-order valence-electron chi connectivity index (χ3n) is 4.32. The van der Waals surface area contributed by atoms with Crippen LogP contribution in [0.1, 0.15) is 29.1 Å². The number of hydrogen-bond acceptors (Lipinski definition) is 7. The lowest BCUT2D eigenvalue weighted by Crippen LogP contribution is -2.19. The van der Waals surface area contributed by atoms with Crippen LogP contribution < -0.4 is 15.5 Å². The van der Waals surface area contributed by atoms with Crippen molar-refractivity contribution in [3.63, 3.8) is 0 Å². The van der Waals surface area contributed by atoms with Crippen molar-refractivity contribution in [2.24, 2.45) is 0 Å². The number of thiazole rings is 1. The van der Waals surface area contributed by atoms with E-state index in [0.29, 0.717) is 16.5 Å². The average molecular weight is 397 g/mol. The fourth-order valence-corrected chi connectivity index (χ4v) is 3.68. The van der Waals surface area contributed by atoms with Crippen molar-refractivity contribution in [1.82, 2.24) is 9.97 Å². The number of anilines is 3. The first-order valence-corrected chi connectivity index (χ1v) is 9.85. The highest BCUT2D eigenvalue weighted by Crippen LogP contribution is 2.20. The molecule has 9 heteroatoms. The zero-order valence-electron chi connectivity index (χ0n) is 15.1. The van der Waals surface area contributed by atoms with E-state index in [1.165, 1.54) is 30.4 Å². The number of pyridine rings is 1. The second-order valence-electron chi connectivity index (χ2n) is 6.40. The van der Waals surface area contributed by atoms with Crippen LogP contribution in [0.15, 0.2) is 46.5 Å². The highest BCUT2D eigenvalue weighted by Gasteiger charge is 2.15. The minimum atomic E-state index is -0.375. The highest BCUT2D eigenvalue weighted by molar-refractivity contribution is 7.14. The molecule has 0 unspecified atom stereocenters. The topological polar surface area (TPSA) is 100 Å². The minimum Gasteiger partial charge on any atom is -0.459 e. The summed E-state index contributed by atoms with van der Waals surface area (Å²) in [7, 11) is 0. The summed E-state index contributed by atoms with van der Waals surface area (Å²) in [6, 6.07) is 6.99. The van der Waals surface area contributed by atoms with E-state index in [-0.39, 0.29) is 24.0 Å². The molecule has 28 heavy (non-hydrogen) atoms. The predicted molar refractivity (Wildman–Crippen MR) is 107 cm³/mol. The second-order valence-corrected chi connectivity index (χ2v) is 7.26. The molecule has 0 atom stereocenters. The molecule has 0 radical (unpaired) electrons. The van der Waals surface area contributed by atoms with Crippen molar-refractivity contribution in [3.8, 4) is 0 Å². The Bertz CT molecular complexity index is 946. The van der Waals surface area contributed by atoms with Gasteiger partial charge in [-0.15, -0.1) is 11.3 Å². The van der Waals surface area contributed by atoms with E-state index in [2.05, 4.69) is 25.5 Å². The van der Waals surface area contributed by atoms with Crippen molar-refractivity contribution in [2.75, 3.05) is 28.6 Å². The highest BCUT2D eigenvalue weighted by atomic mass is 32.1. The predicted octanol–water partition coefficient (Wildman–Crippen LogP) is 3.16. The van der Waals surface area contributed by atoms with Crippen LogP contribution in [0.3, 0.4) is 0 Å². The molecule has 0 saturated carbocycles. The number of amides is 2. The number of furan rings is 1. The van der Waals surface area contributed by atoms with Crippen molar-refractivity contribution in [2.45, 2.75) is 19.3 Å². The maximum absolute atomic E-state index is 12.3. The van der Waals surface area contributed by atoms with Gasteiger partial charge in [0.05, 0.1) is 30.3 Å². The first kappa shape index (κ1) is 18.2. The van der Waals surface area contributed by atoms with Gasteiger partial charge in [-0.3, -0.25) is 14.9 Å². The van der Waals surface area contributed by atoms with Gasteiger partial charge in [-0.2, -0.15) is 0 Å². The molecular formula is C19H19N5O3S. The molecule has 3 aromatic rings. The van der Waals surface area contributed by atoms with Crippen LogP contribution in [0.2, 0.25) is 0 Å². The number of rotatable bonds is 6. The van der Waals surface area contributed by atoms with E-state index >= 15 is 0 Å². The fraction of sp³-hybridized carbons (Fsp3) is 0.263. The van der Waals surface area contributed by atoms with Crippen LogP contribution in [-0.4, -0.2) is 34.9 Å². The first-order chi connectivity index (χ1) is 13.7. The van der Waals surface area contributed by atoms with Crippen LogP contribution in [0, 0.1) is 0 Å². The smallest absolute Gasteiger partial charge is 0.293 e. The molecule has 3 aromatic heterocycles. The fourth-order valence-electron chi connectivity index (χ4n) is 2.98. The summed E-state index contributed by atoms with van der Waals surface area (Å²) in [6.45, 7) is 2.06. The minimum absolute atomic E-state index is 0.112. The molecule has 0 aliphatic carbocycles. The molecule has 1 fully saturated rings. The van der Waals surface area contributed by atoms with E-state index < -0.39 is 0 Å². The molecule has 2 N–H and O–H groups in total. The number of aromatic nitrogens is 2. The molecular weight excluding hydrogens is 378 g/mol. The van der Waals surface area contributed by atoms with Crippen molar-refractivity contribution in [3.05, 3.63) is 53.6 Å². The van der Waals surface area contributed by atoms with Crippen LogP contribution in [-0.2, 0) is 11.2 Å². The molecule has 1 aliphatic heterocycles. The molecule has 0 spiro atoms. The van der Waals surface area contributed by atoms with Crippen LogP contribution >= 0.6 is 11.3 Å². The third-order valence-corrected chi connectivity index (χ3v) is 5.13. The van der Waals surface area contributed by atoms with Gasteiger partial charge in [-0.05, 0) is 37.1 Å². The molecule has 1 saturated heterocycles. The number of carbonyl (C=O) groups excluding carboxylic acids is 2. The largest absolute Gasteiger partial charge is 0.459 e. The number of carbonyl (C=O) groups is 2. The van der Waals surface area contributed by atoms with Gasteiger partial charge in [0.25, 0.3) is 5.91 Å². The standard InChI is InChI=1S/C19H19N5O3S/c25-17(21-13-5-6-16(20-11-13)24-7-1-2-8-24)10-14-12-28-19(22-14)23-18(26)15-4-3-9-27-15/h3-6,9,11-12H,1-2,7-8,10H2,(H,21,25)(H,22,23,26). The Kier molecular flexibility index (Phi) is 5.34. The summed E-state index contributed by atoms with van der Waals surface area (Å²) in [5, 5.41) is 7.63. The number of hydrogen-bond donors (Lipinski definition) is 2. The van der Waals surface area contributed by atoms with Gasteiger partial charge < -0.3 is 14.6 Å². The van der Waals surface area contributed by atoms with Crippen molar-refractivity contribution < 1.29 is 14.0 Å². The van der Waals surface area contributed by atoms with Gasteiger partial charge in [-0.1, -0.05) is 0 Å². The molecule has 2 amide bonds. The molecule has 0 aromatic carbocycles. The van der Waals surface area contributed by atoms with Crippen molar-refractivity contribution >= 4 is 39.8 Å². The van der Waals surface area contributed by atoms with E-state index in [1.807, 2.05) is 12.1 Å². The SMILES string of the molecule is O=C(Cc1csc(NC(=O)c2ccco2)n1)Nc1ccc(N2CCCC2)nc1. The monoisotopic (exact) mass is 397 g/mol. The maximum atomic E-state index is 12.3.